The van der Waals surface area contributed by atoms with Crippen LogP contribution >= 0.6 is 0 Å². The zero-order chi connectivity index (χ0) is 14.8. The molecule has 112 valence electrons. The molecule has 0 saturated carbocycles. The predicted octanol–water partition coefficient (Wildman–Crippen LogP) is 2.01. The molecule has 0 aromatic carbocycles. The number of carbonyl (C=O) groups is 1. The summed E-state index contributed by atoms with van der Waals surface area (Å²) < 4.78 is 16.9. The second kappa shape index (κ2) is 5.93. The number of hydrogen-bond donors (Lipinski definition) is 1. The lowest BCUT2D eigenvalue weighted by molar-refractivity contribution is -0.171. The lowest BCUT2D eigenvalue weighted by Crippen LogP contribution is -2.36. The molecule has 6 heteroatoms. The Balaban J connectivity index is 2.26. The Morgan fingerprint density at radius 2 is 2.15 bits per heavy atom. The van der Waals surface area contributed by atoms with Crippen LogP contribution < -0.4 is 0 Å². The van der Waals surface area contributed by atoms with Crippen LogP contribution in [0.5, 0.6) is 0 Å². The molecule has 0 spiro atoms. The van der Waals surface area contributed by atoms with E-state index in [1.54, 1.807) is 13.0 Å². The predicted molar refractivity (Wildman–Crippen MR) is 71.6 cm³/mol. The van der Waals surface area contributed by atoms with E-state index in [0.717, 1.165) is 0 Å². The Bertz CT molecular complexity index is 439. The molecular formula is C14H21NO5. The number of ether oxygens (including phenoxy) is 3. The van der Waals surface area contributed by atoms with Crippen LogP contribution in [-0.4, -0.2) is 41.5 Å². The van der Waals surface area contributed by atoms with Crippen LogP contribution in [0.1, 0.15) is 40.0 Å². The lowest BCUT2D eigenvalue weighted by atomic mass is 9.93. The SMILES string of the molecule is CCOC(=O)C1=C[C@H]2OC(CC)(CC)O[C@H]2/C(=N/O)C1. The third kappa shape index (κ3) is 2.58. The summed E-state index contributed by atoms with van der Waals surface area (Å²) in [6, 6.07) is 0. The molecule has 2 rings (SSSR count). The van der Waals surface area contributed by atoms with Gasteiger partial charge in [0.25, 0.3) is 0 Å². The van der Waals surface area contributed by atoms with E-state index in [2.05, 4.69) is 5.16 Å². The van der Waals surface area contributed by atoms with Gasteiger partial charge in [0.1, 0.15) is 12.2 Å². The second-order valence-electron chi connectivity index (χ2n) is 4.92. The second-order valence-corrected chi connectivity index (χ2v) is 4.92. The molecule has 1 saturated heterocycles. The molecule has 1 aliphatic carbocycles. The van der Waals surface area contributed by atoms with Gasteiger partial charge < -0.3 is 19.4 Å². The van der Waals surface area contributed by atoms with Crippen molar-refractivity contribution in [3.63, 3.8) is 0 Å². The third-order valence-corrected chi connectivity index (χ3v) is 3.80. The summed E-state index contributed by atoms with van der Waals surface area (Å²) in [6.45, 7) is 6.01. The normalized spacial score (nSPS) is 29.9. The monoisotopic (exact) mass is 283 g/mol. The highest BCUT2D eigenvalue weighted by atomic mass is 16.8. The maximum absolute atomic E-state index is 11.8. The van der Waals surface area contributed by atoms with Crippen LogP contribution in [0.2, 0.25) is 0 Å². The van der Waals surface area contributed by atoms with Crippen molar-refractivity contribution in [2.75, 3.05) is 6.61 Å². The maximum atomic E-state index is 11.8. The number of nitrogens with zero attached hydrogens (tertiary/aromatic N) is 1. The van der Waals surface area contributed by atoms with Crippen molar-refractivity contribution in [1.82, 2.24) is 0 Å². The van der Waals surface area contributed by atoms with Crippen molar-refractivity contribution in [2.45, 2.75) is 58.0 Å². The zero-order valence-electron chi connectivity index (χ0n) is 12.1. The smallest absolute Gasteiger partial charge is 0.334 e. The van der Waals surface area contributed by atoms with Gasteiger partial charge in [-0.05, 0) is 25.8 Å². The summed E-state index contributed by atoms with van der Waals surface area (Å²) in [5.41, 5.74) is 0.858. The molecule has 1 N–H and O–H groups in total. The molecule has 2 atom stereocenters. The lowest BCUT2D eigenvalue weighted by Gasteiger charge is -2.24. The van der Waals surface area contributed by atoms with Gasteiger partial charge in [-0.3, -0.25) is 0 Å². The average molecular weight is 283 g/mol. The Kier molecular flexibility index (Phi) is 4.45. The standard InChI is InChI=1S/C14H21NO5/c1-4-14(5-2)19-11-8-9(13(16)18-6-3)7-10(15-17)12(11)20-14/h8,11-12,17H,4-7H2,1-3H3/b15-10+/t11-,12+/m1/s1. The number of fused-ring (bicyclic) bond motifs is 1. The van der Waals surface area contributed by atoms with Crippen molar-refractivity contribution < 1.29 is 24.2 Å². The highest BCUT2D eigenvalue weighted by Crippen LogP contribution is 2.39. The van der Waals surface area contributed by atoms with Crippen molar-refractivity contribution in [1.29, 1.82) is 0 Å². The molecule has 1 aliphatic heterocycles. The zero-order valence-corrected chi connectivity index (χ0v) is 12.1. The molecule has 0 aromatic heterocycles. The van der Waals surface area contributed by atoms with Gasteiger partial charge in [-0.15, -0.1) is 0 Å². The fourth-order valence-corrected chi connectivity index (χ4v) is 2.61. The molecule has 1 fully saturated rings. The highest BCUT2D eigenvalue weighted by molar-refractivity contribution is 6.01. The summed E-state index contributed by atoms with van der Waals surface area (Å²) in [6.07, 6.45) is 2.50. The highest BCUT2D eigenvalue weighted by Gasteiger charge is 2.49. The first kappa shape index (κ1) is 15.0. The minimum Gasteiger partial charge on any atom is -0.463 e. The van der Waals surface area contributed by atoms with E-state index in [0.29, 0.717) is 30.7 Å². The van der Waals surface area contributed by atoms with E-state index in [4.69, 9.17) is 19.4 Å². The Morgan fingerprint density at radius 1 is 1.45 bits per heavy atom. The Hall–Kier alpha value is -1.40. The van der Waals surface area contributed by atoms with Crippen molar-refractivity contribution in [3.05, 3.63) is 11.6 Å². The molecule has 2 aliphatic rings. The summed E-state index contributed by atoms with van der Waals surface area (Å²) in [4.78, 5) is 11.8. The van der Waals surface area contributed by atoms with E-state index in [1.165, 1.54) is 0 Å². The topological polar surface area (TPSA) is 77.4 Å². The molecule has 0 radical (unpaired) electrons. The average Bonchev–Trinajstić information content (AvgIpc) is 2.85. The molecule has 0 bridgehead atoms. The van der Waals surface area contributed by atoms with Crippen LogP contribution in [0.3, 0.4) is 0 Å². The quantitative estimate of drug-likeness (QED) is 0.485. The first-order chi connectivity index (χ1) is 9.59. The van der Waals surface area contributed by atoms with Crippen molar-refractivity contribution in [2.24, 2.45) is 5.16 Å². The van der Waals surface area contributed by atoms with Gasteiger partial charge in [0, 0.05) is 12.0 Å². The van der Waals surface area contributed by atoms with Gasteiger partial charge in [0.15, 0.2) is 5.79 Å². The largest absolute Gasteiger partial charge is 0.463 e. The molecule has 20 heavy (non-hydrogen) atoms. The molecule has 1 heterocycles. The van der Waals surface area contributed by atoms with Gasteiger partial charge in [-0.1, -0.05) is 19.0 Å². The fraction of sp³-hybridized carbons (Fsp3) is 0.714. The number of carbonyl (C=O) groups excluding carboxylic acids is 1. The van der Waals surface area contributed by atoms with Gasteiger partial charge in [-0.2, -0.15) is 0 Å². The first-order valence-electron chi connectivity index (χ1n) is 7.03. The molecule has 0 amide bonds. The van der Waals surface area contributed by atoms with Crippen molar-refractivity contribution >= 4 is 11.7 Å². The molecule has 0 unspecified atom stereocenters. The fourth-order valence-electron chi connectivity index (χ4n) is 2.61. The third-order valence-electron chi connectivity index (χ3n) is 3.80. The van der Waals surface area contributed by atoms with Crippen LogP contribution in [0.15, 0.2) is 16.8 Å². The van der Waals surface area contributed by atoms with E-state index in [-0.39, 0.29) is 6.42 Å². The van der Waals surface area contributed by atoms with Gasteiger partial charge in [0.2, 0.25) is 0 Å². The number of oxime groups is 1. The number of rotatable bonds is 4. The van der Waals surface area contributed by atoms with E-state index in [9.17, 15) is 4.79 Å². The van der Waals surface area contributed by atoms with Crippen LogP contribution in [0, 0.1) is 0 Å². The van der Waals surface area contributed by atoms with Gasteiger partial charge in [0.05, 0.1) is 12.3 Å². The minimum absolute atomic E-state index is 0.226. The van der Waals surface area contributed by atoms with Crippen molar-refractivity contribution in [3.8, 4) is 0 Å². The first-order valence-corrected chi connectivity index (χ1v) is 7.03. The van der Waals surface area contributed by atoms with E-state index < -0.39 is 24.0 Å². The van der Waals surface area contributed by atoms with E-state index in [1.807, 2.05) is 13.8 Å². The molecule has 6 nitrogen and oxygen atoms in total. The van der Waals surface area contributed by atoms with E-state index >= 15 is 0 Å². The summed E-state index contributed by atoms with van der Waals surface area (Å²) in [5, 5.41) is 12.4. The van der Waals surface area contributed by atoms with Gasteiger partial charge >= 0.3 is 5.97 Å². The summed E-state index contributed by atoms with van der Waals surface area (Å²) >= 11 is 0. The minimum atomic E-state index is -0.675. The number of hydrogen-bond acceptors (Lipinski definition) is 6. The summed E-state index contributed by atoms with van der Waals surface area (Å²) in [7, 11) is 0. The maximum Gasteiger partial charge on any atom is 0.334 e. The molecular weight excluding hydrogens is 262 g/mol. The molecule has 0 aromatic rings. The summed E-state index contributed by atoms with van der Waals surface area (Å²) in [5.74, 6) is -1.08. The van der Waals surface area contributed by atoms with Gasteiger partial charge in [-0.25, -0.2) is 4.79 Å². The Morgan fingerprint density at radius 3 is 2.70 bits per heavy atom. The Labute approximate surface area is 118 Å². The van der Waals surface area contributed by atoms with Crippen LogP contribution in [0.4, 0.5) is 0 Å². The number of esters is 1. The van der Waals surface area contributed by atoms with Crippen LogP contribution in [-0.2, 0) is 19.0 Å². The van der Waals surface area contributed by atoms with Crippen LogP contribution in [0.25, 0.3) is 0 Å².